The van der Waals surface area contributed by atoms with Crippen LogP contribution in [-0.4, -0.2) is 24.6 Å². The average molecular weight is 371 g/mol. The molecule has 2 amide bonds. The van der Waals surface area contributed by atoms with Crippen molar-refractivity contribution in [3.05, 3.63) is 84.3 Å². The Bertz CT molecular complexity index is 1130. The van der Waals surface area contributed by atoms with Crippen molar-refractivity contribution in [2.75, 3.05) is 6.54 Å². The second kappa shape index (κ2) is 7.75. The second-order valence-electron chi connectivity index (χ2n) is 6.19. The van der Waals surface area contributed by atoms with E-state index in [4.69, 9.17) is 4.42 Å². The van der Waals surface area contributed by atoms with Gasteiger partial charge in [0.2, 0.25) is 0 Å². The molecule has 0 aliphatic carbocycles. The third-order valence-corrected chi connectivity index (χ3v) is 4.35. The molecule has 2 N–H and O–H groups in total. The summed E-state index contributed by atoms with van der Waals surface area (Å²) in [6.07, 6.45) is 3.03. The van der Waals surface area contributed by atoms with Gasteiger partial charge in [0.25, 0.3) is 11.8 Å². The molecule has 0 aliphatic heterocycles. The lowest BCUT2D eigenvalue weighted by atomic mass is 9.97. The van der Waals surface area contributed by atoms with Crippen molar-refractivity contribution in [2.45, 2.75) is 0 Å². The summed E-state index contributed by atoms with van der Waals surface area (Å²) < 4.78 is 4.97. The topological polar surface area (TPSA) is 83.7 Å². The van der Waals surface area contributed by atoms with Gasteiger partial charge < -0.3 is 9.73 Å². The molecule has 0 bridgehead atoms. The van der Waals surface area contributed by atoms with E-state index in [2.05, 4.69) is 21.9 Å². The van der Waals surface area contributed by atoms with E-state index in [0.717, 1.165) is 27.1 Å². The fourth-order valence-electron chi connectivity index (χ4n) is 3.05. The van der Waals surface area contributed by atoms with E-state index >= 15 is 0 Å². The third kappa shape index (κ3) is 3.61. The Hall–Kier alpha value is -3.93. The first-order valence-corrected chi connectivity index (χ1v) is 8.76. The zero-order valence-electron chi connectivity index (χ0n) is 14.9. The maximum Gasteiger partial charge on any atom is 0.287 e. The average Bonchev–Trinajstić information content (AvgIpc) is 3.26. The lowest BCUT2D eigenvalue weighted by Crippen LogP contribution is -2.34. The molecule has 0 radical (unpaired) electrons. The van der Waals surface area contributed by atoms with E-state index in [0.29, 0.717) is 0 Å². The van der Waals surface area contributed by atoms with Gasteiger partial charge in [0.15, 0.2) is 5.76 Å². The summed E-state index contributed by atoms with van der Waals surface area (Å²) in [5.74, 6) is -0.733. The Morgan fingerprint density at radius 3 is 2.25 bits per heavy atom. The smallest absolute Gasteiger partial charge is 0.287 e. The number of hydrogen-bond donors (Lipinski definition) is 2. The molecule has 4 aromatic rings. The van der Waals surface area contributed by atoms with Crippen LogP contribution < -0.4 is 10.7 Å². The molecule has 138 valence electrons. The van der Waals surface area contributed by atoms with Crippen molar-refractivity contribution < 1.29 is 14.0 Å². The minimum absolute atomic E-state index is 0.151. The highest BCUT2D eigenvalue weighted by molar-refractivity contribution is 6.13. The summed E-state index contributed by atoms with van der Waals surface area (Å²) in [7, 11) is 0. The number of hydrazone groups is 1. The van der Waals surface area contributed by atoms with Crippen LogP contribution in [0.1, 0.15) is 16.1 Å². The highest BCUT2D eigenvalue weighted by Gasteiger charge is 2.10. The first kappa shape index (κ1) is 17.5. The fraction of sp³-hybridized carbons (Fsp3) is 0.0455. The first-order chi connectivity index (χ1) is 13.7. The van der Waals surface area contributed by atoms with Crippen LogP contribution in [0.3, 0.4) is 0 Å². The lowest BCUT2D eigenvalue weighted by Gasteiger charge is -2.08. The number of carbonyl (C=O) groups excluding carboxylic acids is 2. The molecule has 0 saturated carbocycles. The van der Waals surface area contributed by atoms with Crippen LogP contribution in [0.5, 0.6) is 0 Å². The first-order valence-electron chi connectivity index (χ1n) is 8.76. The van der Waals surface area contributed by atoms with E-state index in [9.17, 15) is 9.59 Å². The van der Waals surface area contributed by atoms with Crippen molar-refractivity contribution in [2.24, 2.45) is 5.10 Å². The van der Waals surface area contributed by atoms with Crippen LogP contribution in [0.25, 0.3) is 21.5 Å². The molecule has 28 heavy (non-hydrogen) atoms. The zero-order chi connectivity index (χ0) is 19.3. The molecule has 6 nitrogen and oxygen atoms in total. The largest absolute Gasteiger partial charge is 0.459 e. The van der Waals surface area contributed by atoms with Crippen LogP contribution in [0.15, 0.2) is 82.5 Å². The zero-order valence-corrected chi connectivity index (χ0v) is 14.9. The highest BCUT2D eigenvalue weighted by Crippen LogP contribution is 2.27. The lowest BCUT2D eigenvalue weighted by molar-refractivity contribution is -0.120. The number of rotatable bonds is 5. The minimum atomic E-state index is -0.454. The standard InChI is InChI=1S/C22H17N3O3/c26-21(14-23-22(27)20-10-5-11-28-20)25-24-13-19-17-8-3-1-6-15(17)12-16-7-2-4-9-18(16)19/h1-13H,14H2,(H,23,27)(H,25,26). The molecule has 0 atom stereocenters. The molecule has 3 aromatic carbocycles. The molecule has 0 aliphatic rings. The van der Waals surface area contributed by atoms with Gasteiger partial charge in [0.05, 0.1) is 19.0 Å². The monoisotopic (exact) mass is 371 g/mol. The number of nitrogens with zero attached hydrogens (tertiary/aromatic N) is 1. The van der Waals surface area contributed by atoms with Crippen LogP contribution in [-0.2, 0) is 4.79 Å². The molecule has 0 fully saturated rings. The predicted octanol–water partition coefficient (Wildman–Crippen LogP) is 3.47. The predicted molar refractivity (Wildman–Crippen MR) is 108 cm³/mol. The van der Waals surface area contributed by atoms with E-state index in [1.54, 1.807) is 12.3 Å². The van der Waals surface area contributed by atoms with Crippen LogP contribution >= 0.6 is 0 Å². The molecule has 0 unspecified atom stereocenters. The fourth-order valence-corrected chi connectivity index (χ4v) is 3.05. The van der Waals surface area contributed by atoms with Crippen molar-refractivity contribution in [3.8, 4) is 0 Å². The van der Waals surface area contributed by atoms with Crippen molar-refractivity contribution in [1.82, 2.24) is 10.7 Å². The number of nitrogens with one attached hydrogen (secondary N) is 2. The Morgan fingerprint density at radius 2 is 1.61 bits per heavy atom. The summed E-state index contributed by atoms with van der Waals surface area (Å²) in [6.45, 7) is -0.201. The van der Waals surface area contributed by atoms with Gasteiger partial charge in [-0.2, -0.15) is 5.10 Å². The number of benzene rings is 3. The van der Waals surface area contributed by atoms with E-state index in [1.807, 2.05) is 48.5 Å². The molecule has 6 heteroatoms. The van der Waals surface area contributed by atoms with Gasteiger partial charge in [-0.3, -0.25) is 9.59 Å². The molecule has 0 saturated heterocycles. The molecule has 1 aromatic heterocycles. The van der Waals surface area contributed by atoms with Crippen LogP contribution in [0.2, 0.25) is 0 Å². The van der Waals surface area contributed by atoms with Gasteiger partial charge in [-0.05, 0) is 39.7 Å². The molecular weight excluding hydrogens is 354 g/mol. The highest BCUT2D eigenvalue weighted by atomic mass is 16.3. The van der Waals surface area contributed by atoms with Gasteiger partial charge in [-0.15, -0.1) is 0 Å². The van der Waals surface area contributed by atoms with Crippen molar-refractivity contribution in [1.29, 1.82) is 0 Å². The number of furan rings is 1. The Morgan fingerprint density at radius 1 is 0.929 bits per heavy atom. The number of amides is 2. The van der Waals surface area contributed by atoms with Gasteiger partial charge >= 0.3 is 0 Å². The number of carbonyl (C=O) groups is 2. The normalized spacial score (nSPS) is 11.1. The Labute approximate surface area is 160 Å². The van der Waals surface area contributed by atoms with Crippen LogP contribution in [0, 0.1) is 0 Å². The third-order valence-electron chi connectivity index (χ3n) is 4.35. The second-order valence-corrected chi connectivity index (χ2v) is 6.19. The maximum atomic E-state index is 12.0. The van der Waals surface area contributed by atoms with Crippen LogP contribution in [0.4, 0.5) is 0 Å². The van der Waals surface area contributed by atoms with Crippen molar-refractivity contribution in [3.63, 3.8) is 0 Å². The van der Waals surface area contributed by atoms with Crippen molar-refractivity contribution >= 4 is 39.6 Å². The maximum absolute atomic E-state index is 12.0. The van der Waals surface area contributed by atoms with E-state index < -0.39 is 11.8 Å². The van der Waals surface area contributed by atoms with Gasteiger partial charge in [0, 0.05) is 5.56 Å². The van der Waals surface area contributed by atoms with Gasteiger partial charge in [-0.25, -0.2) is 5.43 Å². The van der Waals surface area contributed by atoms with Gasteiger partial charge in [0.1, 0.15) is 0 Å². The summed E-state index contributed by atoms with van der Waals surface area (Å²) in [5, 5.41) is 10.8. The summed E-state index contributed by atoms with van der Waals surface area (Å²) >= 11 is 0. The van der Waals surface area contributed by atoms with E-state index in [-0.39, 0.29) is 12.3 Å². The molecule has 1 heterocycles. The number of hydrogen-bond acceptors (Lipinski definition) is 4. The summed E-state index contributed by atoms with van der Waals surface area (Å²) in [6, 6.07) is 21.3. The Kier molecular flexibility index (Phi) is 4.84. The number of fused-ring (bicyclic) bond motifs is 2. The minimum Gasteiger partial charge on any atom is -0.459 e. The molecule has 4 rings (SSSR count). The molecular formula is C22H17N3O3. The summed E-state index contributed by atoms with van der Waals surface area (Å²) in [4.78, 5) is 23.7. The Balaban J connectivity index is 1.50. The quantitative estimate of drug-likeness (QED) is 0.320. The molecule has 0 spiro atoms. The van der Waals surface area contributed by atoms with Gasteiger partial charge in [-0.1, -0.05) is 48.5 Å². The summed E-state index contributed by atoms with van der Waals surface area (Å²) in [5.41, 5.74) is 3.37. The SMILES string of the molecule is O=C(CNC(=O)c1ccco1)NN=Cc1c2ccccc2cc2ccccc12. The van der Waals surface area contributed by atoms with E-state index in [1.165, 1.54) is 12.3 Å².